The standard InChI is InChI=1S/C18H26N4OS/c1-5-22-13(2)10-16(14(22)3)17-12-24-18(19-17)11-20-6-8-21(9-7-20)15(4)23/h10,12H,5-9,11H2,1-4H3. The van der Waals surface area contributed by atoms with E-state index in [0.717, 1.165) is 50.0 Å². The summed E-state index contributed by atoms with van der Waals surface area (Å²) in [6.07, 6.45) is 0. The van der Waals surface area contributed by atoms with Gasteiger partial charge in [0.25, 0.3) is 0 Å². The Hall–Kier alpha value is -1.66. The SMILES string of the molecule is CCn1c(C)cc(-c2csc(CN3CCN(C(C)=O)CC3)n2)c1C. The molecule has 0 saturated carbocycles. The molecule has 0 unspecified atom stereocenters. The van der Waals surface area contributed by atoms with Gasteiger partial charge in [-0.1, -0.05) is 0 Å². The van der Waals surface area contributed by atoms with E-state index in [1.165, 1.54) is 17.0 Å². The molecule has 0 aliphatic carbocycles. The van der Waals surface area contributed by atoms with Crippen LogP contribution < -0.4 is 0 Å². The van der Waals surface area contributed by atoms with Crippen LogP contribution in [0, 0.1) is 13.8 Å². The van der Waals surface area contributed by atoms with Gasteiger partial charge in [0.1, 0.15) is 5.01 Å². The molecule has 1 saturated heterocycles. The molecule has 2 aromatic heterocycles. The predicted molar refractivity (Wildman–Crippen MR) is 98.2 cm³/mol. The first-order chi connectivity index (χ1) is 11.5. The molecule has 0 atom stereocenters. The average molecular weight is 347 g/mol. The second-order valence-electron chi connectivity index (χ2n) is 6.44. The number of nitrogens with zero attached hydrogens (tertiary/aromatic N) is 4. The van der Waals surface area contributed by atoms with Crippen molar-refractivity contribution in [1.82, 2.24) is 19.4 Å². The van der Waals surface area contributed by atoms with Crippen LogP contribution in [0.15, 0.2) is 11.4 Å². The van der Waals surface area contributed by atoms with Crippen molar-refractivity contribution in [3.8, 4) is 11.3 Å². The van der Waals surface area contributed by atoms with Crippen LogP contribution in [0.3, 0.4) is 0 Å². The monoisotopic (exact) mass is 346 g/mol. The Morgan fingerprint density at radius 2 is 1.96 bits per heavy atom. The number of aryl methyl sites for hydroxylation is 1. The number of carbonyl (C=O) groups is 1. The highest BCUT2D eigenvalue weighted by atomic mass is 32.1. The van der Waals surface area contributed by atoms with Gasteiger partial charge < -0.3 is 9.47 Å². The first-order valence-electron chi connectivity index (χ1n) is 8.59. The maximum Gasteiger partial charge on any atom is 0.219 e. The summed E-state index contributed by atoms with van der Waals surface area (Å²) in [5.41, 5.74) is 4.92. The zero-order chi connectivity index (χ0) is 17.3. The van der Waals surface area contributed by atoms with E-state index in [1.807, 2.05) is 4.90 Å². The van der Waals surface area contributed by atoms with Gasteiger partial charge in [-0.3, -0.25) is 9.69 Å². The maximum absolute atomic E-state index is 11.4. The topological polar surface area (TPSA) is 41.4 Å². The third-order valence-corrected chi connectivity index (χ3v) is 5.73. The van der Waals surface area contributed by atoms with E-state index in [0.29, 0.717) is 0 Å². The Bertz CT molecular complexity index is 725. The number of piperazine rings is 1. The molecule has 1 amide bonds. The molecule has 24 heavy (non-hydrogen) atoms. The van der Waals surface area contributed by atoms with E-state index >= 15 is 0 Å². The van der Waals surface area contributed by atoms with Crippen LogP contribution in [0.1, 0.15) is 30.2 Å². The lowest BCUT2D eigenvalue weighted by Gasteiger charge is -2.33. The molecule has 1 fully saturated rings. The van der Waals surface area contributed by atoms with Gasteiger partial charge in [0.2, 0.25) is 5.91 Å². The second kappa shape index (κ2) is 7.07. The zero-order valence-corrected chi connectivity index (χ0v) is 15.8. The predicted octanol–water partition coefficient (Wildman–Crippen LogP) is 2.91. The van der Waals surface area contributed by atoms with Crippen LogP contribution in [0.4, 0.5) is 0 Å². The van der Waals surface area contributed by atoms with Crippen molar-refractivity contribution in [3.05, 3.63) is 27.8 Å². The lowest BCUT2D eigenvalue weighted by Crippen LogP contribution is -2.47. The summed E-state index contributed by atoms with van der Waals surface area (Å²) in [5, 5.41) is 3.32. The number of thiazole rings is 1. The maximum atomic E-state index is 11.4. The fraction of sp³-hybridized carbons (Fsp3) is 0.556. The number of rotatable bonds is 4. The van der Waals surface area contributed by atoms with Gasteiger partial charge in [0, 0.05) is 62.0 Å². The summed E-state index contributed by atoms with van der Waals surface area (Å²) in [5.74, 6) is 0.178. The summed E-state index contributed by atoms with van der Waals surface area (Å²) < 4.78 is 2.33. The molecule has 130 valence electrons. The van der Waals surface area contributed by atoms with E-state index in [4.69, 9.17) is 4.98 Å². The summed E-state index contributed by atoms with van der Waals surface area (Å²) >= 11 is 1.73. The molecule has 1 aliphatic rings. The van der Waals surface area contributed by atoms with Crippen molar-refractivity contribution in [3.63, 3.8) is 0 Å². The summed E-state index contributed by atoms with van der Waals surface area (Å²) in [6, 6.07) is 2.24. The molecule has 0 aromatic carbocycles. The second-order valence-corrected chi connectivity index (χ2v) is 7.38. The molecule has 6 heteroatoms. The van der Waals surface area contributed by atoms with Crippen molar-refractivity contribution >= 4 is 17.2 Å². The molecule has 5 nitrogen and oxygen atoms in total. The smallest absolute Gasteiger partial charge is 0.219 e. The first kappa shape index (κ1) is 17.2. The van der Waals surface area contributed by atoms with Crippen molar-refractivity contribution in [2.24, 2.45) is 0 Å². The zero-order valence-electron chi connectivity index (χ0n) is 15.0. The lowest BCUT2D eigenvalue weighted by molar-refractivity contribution is -0.130. The van der Waals surface area contributed by atoms with Gasteiger partial charge in [-0.2, -0.15) is 0 Å². The van der Waals surface area contributed by atoms with Crippen molar-refractivity contribution in [2.75, 3.05) is 26.2 Å². The van der Waals surface area contributed by atoms with Crippen molar-refractivity contribution in [1.29, 1.82) is 0 Å². The van der Waals surface area contributed by atoms with E-state index in [9.17, 15) is 4.79 Å². The Balaban J connectivity index is 1.67. The molecule has 0 bridgehead atoms. The van der Waals surface area contributed by atoms with Crippen molar-refractivity contribution < 1.29 is 4.79 Å². The van der Waals surface area contributed by atoms with E-state index < -0.39 is 0 Å². The molecule has 1 aliphatic heterocycles. The van der Waals surface area contributed by atoms with Crippen LogP contribution in [0.5, 0.6) is 0 Å². The number of carbonyl (C=O) groups excluding carboxylic acids is 1. The summed E-state index contributed by atoms with van der Waals surface area (Å²) in [7, 11) is 0. The normalized spacial score (nSPS) is 15.9. The highest BCUT2D eigenvalue weighted by Crippen LogP contribution is 2.28. The van der Waals surface area contributed by atoms with Gasteiger partial charge in [-0.05, 0) is 26.8 Å². The summed E-state index contributed by atoms with van der Waals surface area (Å²) in [6.45, 7) is 13.5. The minimum absolute atomic E-state index is 0.178. The molecular weight excluding hydrogens is 320 g/mol. The Morgan fingerprint density at radius 1 is 1.25 bits per heavy atom. The van der Waals surface area contributed by atoms with Gasteiger partial charge >= 0.3 is 0 Å². The minimum Gasteiger partial charge on any atom is -0.349 e. The lowest BCUT2D eigenvalue weighted by atomic mass is 10.2. The van der Waals surface area contributed by atoms with Crippen molar-refractivity contribution in [2.45, 2.75) is 40.8 Å². The Labute approximate surface area is 147 Å². The highest BCUT2D eigenvalue weighted by molar-refractivity contribution is 7.09. The molecule has 2 aromatic rings. The minimum atomic E-state index is 0.178. The van der Waals surface area contributed by atoms with E-state index in [2.05, 4.69) is 41.7 Å². The van der Waals surface area contributed by atoms with Gasteiger partial charge in [-0.25, -0.2) is 4.98 Å². The number of amides is 1. The molecule has 3 heterocycles. The molecule has 0 radical (unpaired) electrons. The Kier molecular flexibility index (Phi) is 5.06. The number of aromatic nitrogens is 2. The Morgan fingerprint density at radius 3 is 2.54 bits per heavy atom. The number of hydrogen-bond acceptors (Lipinski definition) is 4. The van der Waals surface area contributed by atoms with Crippen LogP contribution in [-0.4, -0.2) is 51.4 Å². The third kappa shape index (κ3) is 3.39. The number of hydrogen-bond donors (Lipinski definition) is 0. The third-order valence-electron chi connectivity index (χ3n) is 4.89. The summed E-state index contributed by atoms with van der Waals surface area (Å²) in [4.78, 5) is 20.6. The molecule has 0 spiro atoms. The van der Waals surface area contributed by atoms with Gasteiger partial charge in [0.05, 0.1) is 12.2 Å². The van der Waals surface area contributed by atoms with Crippen LogP contribution >= 0.6 is 11.3 Å². The first-order valence-corrected chi connectivity index (χ1v) is 9.47. The molecule has 0 N–H and O–H groups in total. The molecule has 3 rings (SSSR count). The van der Waals surface area contributed by atoms with Crippen LogP contribution in [-0.2, 0) is 17.9 Å². The van der Waals surface area contributed by atoms with Gasteiger partial charge in [-0.15, -0.1) is 11.3 Å². The van der Waals surface area contributed by atoms with Crippen LogP contribution in [0.2, 0.25) is 0 Å². The quantitative estimate of drug-likeness (QED) is 0.855. The van der Waals surface area contributed by atoms with Crippen LogP contribution in [0.25, 0.3) is 11.3 Å². The largest absolute Gasteiger partial charge is 0.349 e. The fourth-order valence-electron chi connectivity index (χ4n) is 3.47. The highest BCUT2D eigenvalue weighted by Gasteiger charge is 2.20. The fourth-order valence-corrected chi connectivity index (χ4v) is 4.30. The molecular formula is C18H26N4OS. The van der Waals surface area contributed by atoms with E-state index in [-0.39, 0.29) is 5.91 Å². The van der Waals surface area contributed by atoms with E-state index in [1.54, 1.807) is 18.3 Å². The van der Waals surface area contributed by atoms with Gasteiger partial charge in [0.15, 0.2) is 0 Å². The average Bonchev–Trinajstić information content (AvgIpc) is 3.12.